The molecule has 10 heteroatoms. The summed E-state index contributed by atoms with van der Waals surface area (Å²) in [5.41, 5.74) is 6.75. The van der Waals surface area contributed by atoms with E-state index in [4.69, 9.17) is 29.2 Å². The number of benzene rings is 2. The lowest BCUT2D eigenvalue weighted by Crippen LogP contribution is -2.54. The van der Waals surface area contributed by atoms with E-state index in [1.165, 1.54) is 10.0 Å². The fourth-order valence-electron chi connectivity index (χ4n) is 3.23. The molecule has 0 spiro atoms. The molecule has 0 radical (unpaired) electrons. The van der Waals surface area contributed by atoms with Crippen LogP contribution >= 0.6 is 24.4 Å². The molecule has 2 N–H and O–H groups in total. The van der Waals surface area contributed by atoms with E-state index in [2.05, 4.69) is 10.9 Å². The Bertz CT molecular complexity index is 967. The zero-order valence-electron chi connectivity index (χ0n) is 18.2. The Labute approximate surface area is 202 Å². The number of rotatable bonds is 4. The standard InChI is InChI=1S/C23H24N4O4S2/c1-26(22(32)15-9-5-3-6-10-15)24-20(29)18-13-17(28)14-19(31-18)21(30)25-27(2)23(33)16-11-7-4-8-12-16/h3-12,18-19H,13-14H2,1-2H3,(H,24,29)(H,25,30). The molecule has 172 valence electrons. The summed E-state index contributed by atoms with van der Waals surface area (Å²) in [6.45, 7) is 0. The van der Waals surface area contributed by atoms with Crippen molar-refractivity contribution < 1.29 is 19.1 Å². The van der Waals surface area contributed by atoms with Crippen molar-refractivity contribution in [3.63, 3.8) is 0 Å². The summed E-state index contributed by atoms with van der Waals surface area (Å²) in [7, 11) is 3.20. The van der Waals surface area contributed by atoms with Gasteiger partial charge >= 0.3 is 0 Å². The lowest BCUT2D eigenvalue weighted by atomic mass is 10.0. The second kappa shape index (κ2) is 11.1. The Kier molecular flexibility index (Phi) is 8.21. The van der Waals surface area contributed by atoms with Gasteiger partial charge in [-0.05, 0) is 0 Å². The third-order valence-electron chi connectivity index (χ3n) is 4.95. The summed E-state index contributed by atoms with van der Waals surface area (Å²) >= 11 is 10.8. The largest absolute Gasteiger partial charge is 0.354 e. The molecular formula is C23H24N4O4S2. The van der Waals surface area contributed by atoms with E-state index < -0.39 is 24.0 Å². The van der Waals surface area contributed by atoms with Gasteiger partial charge in [0.2, 0.25) is 0 Å². The van der Waals surface area contributed by atoms with E-state index in [1.807, 2.05) is 60.7 Å². The molecule has 0 saturated carbocycles. The van der Waals surface area contributed by atoms with E-state index >= 15 is 0 Å². The number of nitrogens with one attached hydrogen (secondary N) is 2. The molecule has 33 heavy (non-hydrogen) atoms. The van der Waals surface area contributed by atoms with Crippen LogP contribution in [0, 0.1) is 0 Å². The number of Topliss-reactive ketones (excluding diaryl/α,β-unsaturated/α-hetero) is 1. The Hall–Kier alpha value is -3.21. The van der Waals surface area contributed by atoms with Crippen molar-refractivity contribution in [3.05, 3.63) is 71.8 Å². The molecule has 1 aliphatic rings. The van der Waals surface area contributed by atoms with Crippen molar-refractivity contribution in [1.29, 1.82) is 0 Å². The van der Waals surface area contributed by atoms with Gasteiger partial charge < -0.3 is 4.74 Å². The zero-order chi connectivity index (χ0) is 24.0. The number of ketones is 1. The number of carbonyl (C=O) groups excluding carboxylic acids is 3. The fourth-order valence-corrected chi connectivity index (χ4v) is 3.59. The van der Waals surface area contributed by atoms with E-state index in [1.54, 1.807) is 14.1 Å². The molecule has 1 heterocycles. The first-order valence-corrected chi connectivity index (χ1v) is 11.0. The molecule has 0 aromatic heterocycles. The van der Waals surface area contributed by atoms with E-state index in [9.17, 15) is 14.4 Å². The number of hydrogen-bond donors (Lipinski definition) is 2. The number of amides is 2. The summed E-state index contributed by atoms with van der Waals surface area (Å²) in [5.74, 6) is -1.37. The van der Waals surface area contributed by atoms with Gasteiger partial charge in [-0.1, -0.05) is 85.1 Å². The molecule has 2 aromatic carbocycles. The summed E-state index contributed by atoms with van der Waals surface area (Å²) < 4.78 is 5.67. The molecule has 1 aliphatic heterocycles. The van der Waals surface area contributed by atoms with Crippen molar-refractivity contribution in [1.82, 2.24) is 20.9 Å². The highest BCUT2D eigenvalue weighted by Gasteiger charge is 2.37. The van der Waals surface area contributed by atoms with Crippen LogP contribution in [-0.2, 0) is 19.1 Å². The summed E-state index contributed by atoms with van der Waals surface area (Å²) in [6.07, 6.45) is -2.48. The van der Waals surface area contributed by atoms with Crippen LogP contribution in [0.2, 0.25) is 0 Å². The maximum absolute atomic E-state index is 12.7. The highest BCUT2D eigenvalue weighted by molar-refractivity contribution is 7.80. The normalized spacial score (nSPS) is 17.6. The minimum atomic E-state index is -1.12. The van der Waals surface area contributed by atoms with Crippen LogP contribution in [-0.4, -0.2) is 63.9 Å². The van der Waals surface area contributed by atoms with Crippen LogP contribution in [0.4, 0.5) is 0 Å². The molecule has 1 fully saturated rings. The lowest BCUT2D eigenvalue weighted by molar-refractivity contribution is -0.160. The van der Waals surface area contributed by atoms with Crippen LogP contribution in [0.3, 0.4) is 0 Å². The maximum atomic E-state index is 12.7. The van der Waals surface area contributed by atoms with Gasteiger partial charge in [-0.15, -0.1) is 0 Å². The van der Waals surface area contributed by atoms with Crippen LogP contribution in [0.1, 0.15) is 24.0 Å². The third-order valence-corrected chi connectivity index (χ3v) is 5.97. The van der Waals surface area contributed by atoms with Gasteiger partial charge in [0.15, 0.2) is 0 Å². The SMILES string of the molecule is CN(NC(=O)C1CC(=O)CC(C(=O)NN(C)C(=S)c2ccccc2)O1)C(=S)c1ccccc1. The van der Waals surface area contributed by atoms with Crippen LogP contribution < -0.4 is 10.9 Å². The molecular weight excluding hydrogens is 460 g/mol. The molecule has 0 bridgehead atoms. The van der Waals surface area contributed by atoms with Crippen molar-refractivity contribution in [2.24, 2.45) is 0 Å². The predicted octanol–water partition coefficient (Wildman–Crippen LogP) is 1.78. The summed E-state index contributed by atoms with van der Waals surface area (Å²) in [5, 5.41) is 2.77. The molecule has 2 unspecified atom stereocenters. The van der Waals surface area contributed by atoms with Gasteiger partial charge in [0.05, 0.1) is 0 Å². The molecule has 2 amide bonds. The smallest absolute Gasteiger partial charge is 0.268 e. The van der Waals surface area contributed by atoms with Crippen molar-refractivity contribution in [3.8, 4) is 0 Å². The number of ether oxygens (including phenoxy) is 1. The minimum absolute atomic E-state index is 0.125. The average molecular weight is 485 g/mol. The van der Waals surface area contributed by atoms with Crippen LogP contribution in [0.15, 0.2) is 60.7 Å². The number of hydrogen-bond acceptors (Lipinski definition) is 6. The van der Waals surface area contributed by atoms with Crippen molar-refractivity contribution in [2.45, 2.75) is 25.0 Å². The van der Waals surface area contributed by atoms with Gasteiger partial charge in [0.25, 0.3) is 11.8 Å². The van der Waals surface area contributed by atoms with Gasteiger partial charge in [-0.3, -0.25) is 35.3 Å². The Morgan fingerprint density at radius 1 is 0.788 bits per heavy atom. The van der Waals surface area contributed by atoms with Gasteiger partial charge in [0.1, 0.15) is 28.0 Å². The van der Waals surface area contributed by atoms with Crippen molar-refractivity contribution in [2.75, 3.05) is 14.1 Å². The second-order valence-corrected chi connectivity index (χ2v) is 8.25. The monoisotopic (exact) mass is 484 g/mol. The maximum Gasteiger partial charge on any atom is 0.268 e. The first kappa shape index (κ1) is 24.4. The predicted molar refractivity (Wildman–Crippen MR) is 131 cm³/mol. The van der Waals surface area contributed by atoms with Gasteiger partial charge in [0, 0.05) is 38.1 Å². The highest BCUT2D eigenvalue weighted by atomic mass is 32.1. The van der Waals surface area contributed by atoms with Gasteiger partial charge in [-0.2, -0.15) is 0 Å². The van der Waals surface area contributed by atoms with Crippen molar-refractivity contribution >= 4 is 52.0 Å². The highest BCUT2D eigenvalue weighted by Crippen LogP contribution is 2.17. The quantitative estimate of drug-likeness (QED) is 0.502. The molecule has 8 nitrogen and oxygen atoms in total. The Balaban J connectivity index is 1.59. The lowest BCUT2D eigenvalue weighted by Gasteiger charge is -2.31. The average Bonchev–Trinajstić information content (AvgIpc) is 2.83. The van der Waals surface area contributed by atoms with E-state index in [0.717, 1.165) is 11.1 Å². The molecule has 2 aromatic rings. The molecule has 2 atom stereocenters. The topological polar surface area (TPSA) is 91.0 Å². The first-order valence-electron chi connectivity index (χ1n) is 10.2. The molecule has 0 aliphatic carbocycles. The second-order valence-electron chi connectivity index (χ2n) is 7.47. The number of carbonyl (C=O) groups is 3. The number of nitrogens with zero attached hydrogens (tertiary/aromatic N) is 2. The molecule has 1 saturated heterocycles. The van der Waals surface area contributed by atoms with E-state index in [-0.39, 0.29) is 18.6 Å². The summed E-state index contributed by atoms with van der Waals surface area (Å²) in [4.78, 5) is 38.5. The van der Waals surface area contributed by atoms with Crippen LogP contribution in [0.5, 0.6) is 0 Å². The Morgan fingerprint density at radius 3 is 1.52 bits per heavy atom. The number of hydrazine groups is 2. The zero-order valence-corrected chi connectivity index (χ0v) is 19.8. The van der Waals surface area contributed by atoms with Crippen LogP contribution in [0.25, 0.3) is 0 Å². The van der Waals surface area contributed by atoms with E-state index in [0.29, 0.717) is 9.98 Å². The number of thiocarbonyl (C=S) groups is 2. The van der Waals surface area contributed by atoms with Gasteiger partial charge in [-0.25, -0.2) is 0 Å². The molecule has 3 rings (SSSR count). The Morgan fingerprint density at radius 2 is 1.15 bits per heavy atom. The first-order chi connectivity index (χ1) is 15.8. The summed E-state index contributed by atoms with van der Waals surface area (Å²) in [6, 6.07) is 18.4. The third kappa shape index (κ3) is 6.41. The minimum Gasteiger partial charge on any atom is -0.354 e. The fraction of sp³-hybridized carbons (Fsp3) is 0.261.